The lowest BCUT2D eigenvalue weighted by atomic mass is 10.1. The van der Waals surface area contributed by atoms with Gasteiger partial charge in [-0.1, -0.05) is 18.2 Å². The van der Waals surface area contributed by atoms with Crippen LogP contribution in [-0.2, 0) is 10.0 Å². The lowest BCUT2D eigenvalue weighted by Crippen LogP contribution is -2.40. The SMILES string of the molecule is CC(Nc1ncnc2nc[nH]c12)C1=Cc2nccnc2S(=O)(=O)N1c1ccccc1. The summed E-state index contributed by atoms with van der Waals surface area (Å²) in [6.07, 6.45) is 7.49. The molecule has 150 valence electrons. The van der Waals surface area contributed by atoms with Crippen LogP contribution >= 0.6 is 0 Å². The van der Waals surface area contributed by atoms with Crippen LogP contribution in [0.2, 0.25) is 0 Å². The van der Waals surface area contributed by atoms with Gasteiger partial charge in [-0.25, -0.2) is 24.2 Å². The van der Waals surface area contributed by atoms with Crippen LogP contribution in [0.15, 0.2) is 66.1 Å². The summed E-state index contributed by atoms with van der Waals surface area (Å²) >= 11 is 0. The van der Waals surface area contributed by atoms with Crippen LogP contribution in [0.25, 0.3) is 17.2 Å². The highest BCUT2D eigenvalue weighted by atomic mass is 32.2. The van der Waals surface area contributed by atoms with Gasteiger partial charge in [-0.05, 0) is 25.1 Å². The fourth-order valence-electron chi connectivity index (χ4n) is 3.36. The van der Waals surface area contributed by atoms with E-state index in [1.54, 1.807) is 30.3 Å². The summed E-state index contributed by atoms with van der Waals surface area (Å²) in [7, 11) is -3.96. The minimum Gasteiger partial charge on any atom is -0.360 e. The number of aromatic nitrogens is 6. The molecule has 4 aromatic rings. The predicted octanol–water partition coefficient (Wildman–Crippen LogP) is 2.19. The zero-order valence-corrected chi connectivity index (χ0v) is 16.6. The highest BCUT2D eigenvalue weighted by molar-refractivity contribution is 7.93. The number of H-pyrrole nitrogens is 1. The van der Waals surface area contributed by atoms with E-state index in [2.05, 4.69) is 35.2 Å². The third kappa shape index (κ3) is 2.87. The third-order valence-electron chi connectivity index (χ3n) is 4.71. The first-order valence-electron chi connectivity index (χ1n) is 9.09. The molecule has 1 atom stereocenters. The van der Waals surface area contributed by atoms with Gasteiger partial charge < -0.3 is 10.3 Å². The fraction of sp³-hybridized carbons (Fsp3) is 0.105. The molecular weight excluding hydrogens is 404 g/mol. The van der Waals surface area contributed by atoms with Gasteiger partial charge in [0.05, 0.1) is 23.8 Å². The Morgan fingerprint density at radius 2 is 1.83 bits per heavy atom. The average molecular weight is 420 g/mol. The number of nitrogens with zero attached hydrogens (tertiary/aromatic N) is 6. The zero-order chi connectivity index (χ0) is 20.7. The lowest BCUT2D eigenvalue weighted by molar-refractivity contribution is 0.587. The summed E-state index contributed by atoms with van der Waals surface area (Å²) in [5.74, 6) is 0.515. The van der Waals surface area contributed by atoms with Crippen LogP contribution in [0.1, 0.15) is 12.6 Å². The smallest absolute Gasteiger partial charge is 0.288 e. The predicted molar refractivity (Wildman–Crippen MR) is 111 cm³/mol. The van der Waals surface area contributed by atoms with Crippen molar-refractivity contribution in [2.45, 2.75) is 18.0 Å². The Hall–Kier alpha value is -3.86. The monoisotopic (exact) mass is 420 g/mol. The molecule has 0 saturated carbocycles. The molecule has 1 aliphatic rings. The maximum Gasteiger partial charge on any atom is 0.288 e. The standard InChI is InChI=1S/C19H16N8O2S/c1-12(26-18-16-17(23-10-22-16)24-11-25-18)15-9-14-19(21-8-7-20-14)30(28,29)27(15)13-5-3-2-4-6-13/h2-12H,1H3,(H2,22,23,24,25,26). The minimum atomic E-state index is -3.96. The van der Waals surface area contributed by atoms with Crippen molar-refractivity contribution in [3.8, 4) is 0 Å². The van der Waals surface area contributed by atoms with E-state index in [9.17, 15) is 8.42 Å². The van der Waals surface area contributed by atoms with Gasteiger partial charge in [-0.2, -0.15) is 8.42 Å². The minimum absolute atomic E-state index is 0.0807. The van der Waals surface area contributed by atoms with Gasteiger partial charge in [-0.15, -0.1) is 0 Å². The number of sulfonamides is 1. The maximum atomic E-state index is 13.5. The second-order valence-electron chi connectivity index (χ2n) is 6.61. The van der Waals surface area contributed by atoms with E-state index >= 15 is 0 Å². The van der Waals surface area contributed by atoms with Crippen molar-refractivity contribution in [3.05, 3.63) is 66.8 Å². The number of hydrogen-bond donors (Lipinski definition) is 2. The van der Waals surface area contributed by atoms with Crippen molar-refractivity contribution in [3.63, 3.8) is 0 Å². The highest BCUT2D eigenvalue weighted by Crippen LogP contribution is 2.35. The molecule has 1 aliphatic heterocycles. The molecule has 4 heterocycles. The molecule has 3 aromatic heterocycles. The molecule has 5 rings (SSSR count). The molecule has 1 aromatic carbocycles. The third-order valence-corrected chi connectivity index (χ3v) is 6.41. The molecule has 11 heteroatoms. The first-order chi connectivity index (χ1) is 14.6. The molecule has 2 N–H and O–H groups in total. The Kier molecular flexibility index (Phi) is 4.17. The zero-order valence-electron chi connectivity index (χ0n) is 15.8. The van der Waals surface area contributed by atoms with Crippen LogP contribution in [0.5, 0.6) is 0 Å². The Morgan fingerprint density at radius 1 is 1.03 bits per heavy atom. The van der Waals surface area contributed by atoms with Crippen molar-refractivity contribution in [1.82, 2.24) is 29.9 Å². The molecule has 1 unspecified atom stereocenters. The largest absolute Gasteiger partial charge is 0.360 e. The fourth-order valence-corrected chi connectivity index (χ4v) is 4.99. The van der Waals surface area contributed by atoms with E-state index in [1.807, 2.05) is 13.0 Å². The molecule has 0 radical (unpaired) electrons. The van der Waals surface area contributed by atoms with Gasteiger partial charge >= 0.3 is 0 Å². The second kappa shape index (κ2) is 6.88. The summed E-state index contributed by atoms with van der Waals surface area (Å²) in [4.78, 5) is 23.8. The molecular formula is C19H16N8O2S. The topological polar surface area (TPSA) is 130 Å². The van der Waals surface area contributed by atoms with Crippen LogP contribution in [-0.4, -0.2) is 44.4 Å². The van der Waals surface area contributed by atoms with Crippen LogP contribution < -0.4 is 9.62 Å². The number of benzene rings is 1. The van der Waals surface area contributed by atoms with Crippen molar-refractivity contribution in [1.29, 1.82) is 0 Å². The summed E-state index contributed by atoms with van der Waals surface area (Å²) in [6, 6.07) is 8.41. The van der Waals surface area contributed by atoms with E-state index in [4.69, 9.17) is 0 Å². The first kappa shape index (κ1) is 18.2. The number of fused-ring (bicyclic) bond motifs is 2. The normalized spacial score (nSPS) is 16.0. The van der Waals surface area contributed by atoms with Gasteiger partial charge in [0.25, 0.3) is 10.0 Å². The Balaban J connectivity index is 1.64. The van der Waals surface area contributed by atoms with E-state index in [-0.39, 0.29) is 5.03 Å². The number of para-hydroxylation sites is 1. The highest BCUT2D eigenvalue weighted by Gasteiger charge is 2.37. The molecule has 0 saturated heterocycles. The van der Waals surface area contributed by atoms with Gasteiger partial charge in [0.15, 0.2) is 11.5 Å². The summed E-state index contributed by atoms with van der Waals surface area (Å²) < 4.78 is 28.2. The van der Waals surface area contributed by atoms with E-state index in [0.29, 0.717) is 34.1 Å². The van der Waals surface area contributed by atoms with Gasteiger partial charge in [0.2, 0.25) is 5.03 Å². The summed E-state index contributed by atoms with van der Waals surface area (Å²) in [6.45, 7) is 1.85. The second-order valence-corrected chi connectivity index (χ2v) is 8.31. The maximum absolute atomic E-state index is 13.5. The molecule has 0 bridgehead atoms. The first-order valence-corrected chi connectivity index (χ1v) is 10.5. The van der Waals surface area contributed by atoms with Crippen molar-refractivity contribution >= 4 is 38.8 Å². The number of hydrogen-bond acceptors (Lipinski definition) is 8. The molecule has 0 aliphatic carbocycles. The molecule has 10 nitrogen and oxygen atoms in total. The van der Waals surface area contributed by atoms with Crippen molar-refractivity contribution in [2.24, 2.45) is 0 Å². The van der Waals surface area contributed by atoms with Crippen molar-refractivity contribution in [2.75, 3.05) is 9.62 Å². The molecule has 0 fully saturated rings. The summed E-state index contributed by atoms with van der Waals surface area (Å²) in [5, 5.41) is 3.18. The number of rotatable bonds is 4. The van der Waals surface area contributed by atoms with E-state index in [0.717, 1.165) is 0 Å². The lowest BCUT2D eigenvalue weighted by Gasteiger charge is -2.33. The van der Waals surface area contributed by atoms with E-state index < -0.39 is 16.1 Å². The Labute approximate surface area is 171 Å². The molecule has 0 amide bonds. The quantitative estimate of drug-likeness (QED) is 0.514. The number of anilines is 2. The van der Waals surface area contributed by atoms with E-state index in [1.165, 1.54) is 29.4 Å². The Morgan fingerprint density at radius 3 is 2.67 bits per heavy atom. The van der Waals surface area contributed by atoms with Crippen LogP contribution in [0.4, 0.5) is 11.5 Å². The van der Waals surface area contributed by atoms with Gasteiger partial charge in [-0.3, -0.25) is 4.98 Å². The van der Waals surface area contributed by atoms with Crippen LogP contribution in [0.3, 0.4) is 0 Å². The molecule has 30 heavy (non-hydrogen) atoms. The molecule has 0 spiro atoms. The number of nitrogens with one attached hydrogen (secondary N) is 2. The average Bonchev–Trinajstić information content (AvgIpc) is 3.24. The summed E-state index contributed by atoms with van der Waals surface area (Å²) in [5.41, 5.74) is 2.43. The number of imidazole rings is 1. The van der Waals surface area contributed by atoms with Crippen molar-refractivity contribution < 1.29 is 8.42 Å². The Bertz CT molecular complexity index is 1370. The number of aromatic amines is 1. The van der Waals surface area contributed by atoms with Gasteiger partial charge in [0.1, 0.15) is 17.5 Å². The van der Waals surface area contributed by atoms with Crippen LogP contribution in [0, 0.1) is 0 Å². The van der Waals surface area contributed by atoms with Gasteiger partial charge in [0, 0.05) is 12.4 Å².